The fraction of sp³-hybridized carbons (Fsp3) is 0.333. The van der Waals surface area contributed by atoms with Crippen LogP contribution < -0.4 is 0 Å². The normalized spacial score (nSPS) is 21.2. The molecule has 172 valence electrons. The number of ether oxygens (including phenoxy) is 1. The van der Waals surface area contributed by atoms with Crippen LogP contribution in [0.15, 0.2) is 61.2 Å². The molecule has 3 aromatic heterocycles. The van der Waals surface area contributed by atoms with Gasteiger partial charge in [0.25, 0.3) is 0 Å². The number of hydrogen-bond acceptors (Lipinski definition) is 5. The average Bonchev–Trinajstić information content (AvgIpc) is 3.29. The smallest absolute Gasteiger partial charge is 0.145 e. The van der Waals surface area contributed by atoms with E-state index in [0.717, 1.165) is 45.7 Å². The van der Waals surface area contributed by atoms with Gasteiger partial charge in [-0.1, -0.05) is 24.3 Å². The maximum atomic E-state index is 10.2. The molecule has 1 aliphatic heterocycles. The van der Waals surface area contributed by atoms with Crippen LogP contribution in [0.4, 0.5) is 0 Å². The molecule has 0 bridgehead atoms. The minimum absolute atomic E-state index is 0.323. The Hall–Kier alpha value is -3.21. The van der Waals surface area contributed by atoms with Crippen molar-refractivity contribution in [1.82, 2.24) is 19.5 Å². The number of aromatic nitrogens is 4. The summed E-state index contributed by atoms with van der Waals surface area (Å²) in [7, 11) is -0.323. The van der Waals surface area contributed by atoms with Crippen molar-refractivity contribution >= 4 is 21.1 Å². The molecule has 1 unspecified atom stereocenters. The number of hydrogen-bond donors (Lipinski definition) is 0. The second kappa shape index (κ2) is 8.23. The quantitative estimate of drug-likeness (QED) is 0.295. The van der Waals surface area contributed by atoms with E-state index in [1.165, 1.54) is 17.3 Å². The van der Waals surface area contributed by atoms with Crippen molar-refractivity contribution in [3.05, 3.63) is 78.0 Å². The molecule has 6 nitrogen and oxygen atoms in total. The lowest BCUT2D eigenvalue weighted by molar-refractivity contribution is 0.0924. The van der Waals surface area contributed by atoms with Gasteiger partial charge in [0.05, 0.1) is 23.8 Å². The fourth-order valence-electron chi connectivity index (χ4n) is 4.88. The summed E-state index contributed by atoms with van der Waals surface area (Å²) in [5.41, 5.74) is 5.33. The van der Waals surface area contributed by atoms with Gasteiger partial charge in [0.15, 0.2) is 0 Å². The number of nitrogens with zero attached hydrogens (tertiary/aromatic N) is 5. The summed E-state index contributed by atoms with van der Waals surface area (Å²) < 4.78 is 8.02. The van der Waals surface area contributed by atoms with Crippen LogP contribution in [0.1, 0.15) is 16.8 Å². The summed E-state index contributed by atoms with van der Waals surface area (Å²) in [6.45, 7) is 1.30. The Labute approximate surface area is 201 Å². The molecule has 0 radical (unpaired) electrons. The van der Waals surface area contributed by atoms with Crippen molar-refractivity contribution in [2.24, 2.45) is 0 Å². The topological polar surface area (TPSA) is 76.6 Å². The van der Waals surface area contributed by atoms with Crippen molar-refractivity contribution in [2.75, 3.05) is 30.1 Å². The molecule has 0 N–H and O–H groups in total. The first-order chi connectivity index (χ1) is 16.6. The zero-order valence-corrected chi connectivity index (χ0v) is 20.1. The van der Waals surface area contributed by atoms with Crippen molar-refractivity contribution in [2.45, 2.75) is 25.0 Å². The fourth-order valence-corrected chi connectivity index (χ4v) is 6.95. The van der Waals surface area contributed by atoms with Crippen LogP contribution >= 0.6 is 10.0 Å². The number of fused-ring (bicyclic) bond motifs is 2. The zero-order valence-electron chi connectivity index (χ0n) is 19.3. The molecule has 0 amide bonds. The second-order valence-electron chi connectivity index (χ2n) is 9.61. The lowest BCUT2D eigenvalue weighted by Crippen LogP contribution is -2.24. The zero-order chi connectivity index (χ0) is 23.2. The van der Waals surface area contributed by atoms with Crippen LogP contribution in [-0.4, -0.2) is 49.6 Å². The number of pyridine rings is 1. The third kappa shape index (κ3) is 3.77. The van der Waals surface area contributed by atoms with Gasteiger partial charge in [-0.2, -0.15) is 5.26 Å². The highest BCUT2D eigenvalue weighted by Gasteiger charge is 2.40. The van der Waals surface area contributed by atoms with E-state index in [-0.39, 0.29) is 10.0 Å². The van der Waals surface area contributed by atoms with Crippen LogP contribution in [0.2, 0.25) is 0 Å². The monoisotopic (exact) mass is 469 g/mol. The third-order valence-corrected chi connectivity index (χ3v) is 10.2. The van der Waals surface area contributed by atoms with E-state index in [0.29, 0.717) is 19.6 Å². The molecular formula is C27H27N5OS. The molecule has 4 heterocycles. The lowest BCUT2D eigenvalue weighted by atomic mass is 9.78. The van der Waals surface area contributed by atoms with Crippen molar-refractivity contribution < 1.29 is 4.74 Å². The lowest BCUT2D eigenvalue weighted by Gasteiger charge is -2.21. The molecule has 34 heavy (non-hydrogen) atoms. The molecule has 4 aromatic rings. The van der Waals surface area contributed by atoms with E-state index in [1.807, 2.05) is 29.1 Å². The van der Waals surface area contributed by atoms with Gasteiger partial charge in [-0.3, -0.25) is 4.98 Å². The van der Waals surface area contributed by atoms with Crippen LogP contribution in [0.25, 0.3) is 22.3 Å². The molecule has 1 atom stereocenters. The van der Waals surface area contributed by atoms with Crippen molar-refractivity contribution in [3.8, 4) is 17.3 Å². The molecule has 1 aliphatic carbocycles. The Morgan fingerprint density at radius 2 is 2.03 bits per heavy atom. The molecule has 7 heteroatoms. The molecule has 6 rings (SSSR count). The molecule has 0 spiro atoms. The first-order valence-corrected chi connectivity index (χ1v) is 14.2. The van der Waals surface area contributed by atoms with Crippen molar-refractivity contribution in [1.29, 1.82) is 5.26 Å². The van der Waals surface area contributed by atoms with E-state index in [4.69, 9.17) is 4.74 Å². The Morgan fingerprint density at radius 3 is 2.85 bits per heavy atom. The molecule has 2 aliphatic rings. The predicted molar refractivity (Wildman–Crippen MR) is 136 cm³/mol. The summed E-state index contributed by atoms with van der Waals surface area (Å²) in [5, 5.41) is 11.2. The van der Waals surface area contributed by atoms with E-state index >= 15 is 0 Å². The van der Waals surface area contributed by atoms with Crippen LogP contribution in [0, 0.1) is 11.3 Å². The highest BCUT2D eigenvalue weighted by molar-refractivity contribution is 8.38. The van der Waals surface area contributed by atoms with E-state index in [9.17, 15) is 5.26 Å². The Morgan fingerprint density at radius 1 is 1.12 bits per heavy atom. The van der Waals surface area contributed by atoms with Gasteiger partial charge >= 0.3 is 0 Å². The summed E-state index contributed by atoms with van der Waals surface area (Å²) in [4.78, 5) is 13.7. The summed E-state index contributed by atoms with van der Waals surface area (Å²) in [5.74, 6) is 3.99. The SMILES string of the molecule is CS1(CCOCn2ccc3c(-c4cccc(C5(C#N)Cc6cccnc6C5)c4)ncnc32)CC1. The predicted octanol–water partition coefficient (Wildman–Crippen LogP) is 4.48. The molecule has 1 fully saturated rings. The van der Waals surface area contributed by atoms with Crippen LogP contribution in [0.3, 0.4) is 0 Å². The highest BCUT2D eigenvalue weighted by Crippen LogP contribution is 2.57. The van der Waals surface area contributed by atoms with E-state index < -0.39 is 5.41 Å². The van der Waals surface area contributed by atoms with Gasteiger partial charge < -0.3 is 9.30 Å². The standard InChI is InChI=1S/C27H27N5OS/c1-34(12-13-34)11-10-33-19-32-9-7-23-25(30-18-31-26(23)32)20-4-2-6-22(14-20)27(17-28)15-21-5-3-8-29-24(21)16-27/h2-9,14,18H,10-13,15-16,19H2,1H3. The average molecular weight is 470 g/mol. The van der Waals surface area contributed by atoms with Gasteiger partial charge in [0.1, 0.15) is 18.7 Å². The Bertz CT molecular complexity index is 1390. The molecule has 0 saturated carbocycles. The van der Waals surface area contributed by atoms with Crippen LogP contribution in [-0.2, 0) is 29.7 Å². The third-order valence-electron chi connectivity index (χ3n) is 7.26. The minimum Gasteiger partial charge on any atom is -0.360 e. The van der Waals surface area contributed by atoms with Gasteiger partial charge in [0.2, 0.25) is 0 Å². The second-order valence-corrected chi connectivity index (χ2v) is 13.8. The first kappa shape index (κ1) is 21.3. The number of rotatable bonds is 7. The highest BCUT2D eigenvalue weighted by atomic mass is 32.3. The number of benzene rings is 1. The molecular weight excluding hydrogens is 442 g/mol. The molecule has 1 saturated heterocycles. The first-order valence-electron chi connectivity index (χ1n) is 11.6. The van der Waals surface area contributed by atoms with Crippen LogP contribution in [0.5, 0.6) is 0 Å². The maximum absolute atomic E-state index is 10.2. The van der Waals surface area contributed by atoms with Gasteiger partial charge in [-0.25, -0.2) is 20.0 Å². The largest absolute Gasteiger partial charge is 0.360 e. The maximum Gasteiger partial charge on any atom is 0.145 e. The summed E-state index contributed by atoms with van der Waals surface area (Å²) >= 11 is 0. The Kier molecular flexibility index (Phi) is 5.16. The van der Waals surface area contributed by atoms with Gasteiger partial charge in [0, 0.05) is 41.2 Å². The van der Waals surface area contributed by atoms with Crippen molar-refractivity contribution in [3.63, 3.8) is 0 Å². The van der Waals surface area contributed by atoms with Gasteiger partial charge in [-0.15, -0.1) is 0 Å². The summed E-state index contributed by atoms with van der Waals surface area (Å²) in [6, 6.07) is 16.9. The minimum atomic E-state index is -0.598. The van der Waals surface area contributed by atoms with E-state index in [2.05, 4.69) is 57.6 Å². The molecule has 1 aromatic carbocycles. The summed E-state index contributed by atoms with van der Waals surface area (Å²) in [6.07, 6.45) is 9.18. The van der Waals surface area contributed by atoms with Gasteiger partial charge in [-0.05, 0) is 53.5 Å². The Balaban J connectivity index is 1.28. The number of nitriles is 1. The van der Waals surface area contributed by atoms with E-state index in [1.54, 1.807) is 6.33 Å².